The maximum Gasteiger partial charge on any atom is 0.293 e. The van der Waals surface area contributed by atoms with Crippen LogP contribution in [0.3, 0.4) is 0 Å². The predicted octanol–water partition coefficient (Wildman–Crippen LogP) is 1.38. The summed E-state index contributed by atoms with van der Waals surface area (Å²) >= 11 is 0. The van der Waals surface area contributed by atoms with Gasteiger partial charge in [0.15, 0.2) is 5.82 Å². The van der Waals surface area contributed by atoms with Crippen LogP contribution in [0, 0.1) is 5.92 Å². The molecule has 0 aromatic carbocycles. The molecule has 1 fully saturated rings. The highest BCUT2D eigenvalue weighted by Crippen LogP contribution is 2.33. The van der Waals surface area contributed by atoms with E-state index in [9.17, 15) is 4.79 Å². The van der Waals surface area contributed by atoms with Crippen molar-refractivity contribution < 1.29 is 0 Å². The molecule has 15 heavy (non-hydrogen) atoms. The molecule has 4 heteroatoms. The lowest BCUT2D eigenvalue weighted by Gasteiger charge is -2.05. The van der Waals surface area contributed by atoms with Gasteiger partial charge in [0, 0.05) is 26.0 Å². The van der Waals surface area contributed by atoms with Gasteiger partial charge >= 0.3 is 0 Å². The van der Waals surface area contributed by atoms with E-state index in [0.29, 0.717) is 5.82 Å². The van der Waals surface area contributed by atoms with Crippen LogP contribution >= 0.6 is 0 Å². The first-order valence-electron chi connectivity index (χ1n) is 5.53. The van der Waals surface area contributed by atoms with Crippen molar-refractivity contribution in [1.29, 1.82) is 0 Å². The normalized spacial score (nSPS) is 15.3. The lowest BCUT2D eigenvalue weighted by atomic mass is 10.2. The molecule has 1 saturated carbocycles. The average Bonchev–Trinajstić information content (AvgIpc) is 3.02. The van der Waals surface area contributed by atoms with Gasteiger partial charge in [-0.2, -0.15) is 0 Å². The summed E-state index contributed by atoms with van der Waals surface area (Å²) in [4.78, 5) is 15.6. The number of hydrogen-bond donors (Lipinski definition) is 1. The average molecular weight is 207 g/mol. The number of hydrogen-bond acceptors (Lipinski definition) is 3. The zero-order valence-corrected chi connectivity index (χ0v) is 9.07. The van der Waals surface area contributed by atoms with Gasteiger partial charge < -0.3 is 9.88 Å². The van der Waals surface area contributed by atoms with E-state index < -0.39 is 0 Å². The third-order valence-electron chi connectivity index (χ3n) is 2.80. The van der Waals surface area contributed by atoms with Crippen LogP contribution in [0.25, 0.3) is 0 Å². The third kappa shape index (κ3) is 2.81. The zero-order chi connectivity index (χ0) is 10.7. The fraction of sp³-hybridized carbons (Fsp3) is 0.636. The summed E-state index contributed by atoms with van der Waals surface area (Å²) in [7, 11) is 1.74. The van der Waals surface area contributed by atoms with Crippen molar-refractivity contribution >= 4 is 5.82 Å². The SMILES string of the molecule is Cn1ccnc(NCCCC2CC2)c1=O. The molecule has 0 aliphatic heterocycles. The summed E-state index contributed by atoms with van der Waals surface area (Å²) in [5, 5.41) is 3.09. The molecule has 82 valence electrons. The van der Waals surface area contributed by atoms with Crippen molar-refractivity contribution in [2.24, 2.45) is 13.0 Å². The van der Waals surface area contributed by atoms with E-state index in [1.54, 1.807) is 19.4 Å². The molecule has 1 aliphatic rings. The van der Waals surface area contributed by atoms with E-state index in [-0.39, 0.29) is 5.56 Å². The molecule has 0 atom stereocenters. The molecule has 1 heterocycles. The van der Waals surface area contributed by atoms with Crippen LogP contribution in [0.5, 0.6) is 0 Å². The standard InChI is InChI=1S/C11H17N3O/c1-14-8-7-13-10(11(14)15)12-6-2-3-9-4-5-9/h7-9H,2-6H2,1H3,(H,12,13). The van der Waals surface area contributed by atoms with Gasteiger partial charge in [0.1, 0.15) is 0 Å². The molecule has 2 rings (SSSR count). The van der Waals surface area contributed by atoms with Gasteiger partial charge in [-0.25, -0.2) is 4.98 Å². The van der Waals surface area contributed by atoms with Crippen LogP contribution < -0.4 is 10.9 Å². The highest BCUT2D eigenvalue weighted by atomic mass is 16.1. The smallest absolute Gasteiger partial charge is 0.293 e. The quantitative estimate of drug-likeness (QED) is 0.742. The highest BCUT2D eigenvalue weighted by Gasteiger charge is 2.19. The maximum absolute atomic E-state index is 11.5. The van der Waals surface area contributed by atoms with Crippen molar-refractivity contribution in [2.45, 2.75) is 25.7 Å². The van der Waals surface area contributed by atoms with Crippen molar-refractivity contribution in [3.8, 4) is 0 Å². The van der Waals surface area contributed by atoms with Crippen LogP contribution in [0.15, 0.2) is 17.2 Å². The molecule has 1 aliphatic carbocycles. The largest absolute Gasteiger partial charge is 0.365 e. The first-order chi connectivity index (χ1) is 7.27. The fourth-order valence-corrected chi connectivity index (χ4v) is 1.62. The topological polar surface area (TPSA) is 46.9 Å². The van der Waals surface area contributed by atoms with Crippen molar-refractivity contribution in [3.05, 3.63) is 22.7 Å². The van der Waals surface area contributed by atoms with E-state index in [1.165, 1.54) is 23.8 Å². The summed E-state index contributed by atoms with van der Waals surface area (Å²) in [5.74, 6) is 1.43. The molecule has 1 N–H and O–H groups in total. The lowest BCUT2D eigenvalue weighted by Crippen LogP contribution is -2.22. The lowest BCUT2D eigenvalue weighted by molar-refractivity contribution is 0.685. The monoisotopic (exact) mass is 207 g/mol. The Morgan fingerprint density at radius 1 is 1.60 bits per heavy atom. The maximum atomic E-state index is 11.5. The number of rotatable bonds is 5. The Morgan fingerprint density at radius 3 is 3.13 bits per heavy atom. The minimum Gasteiger partial charge on any atom is -0.365 e. The Kier molecular flexibility index (Phi) is 3.04. The molecule has 0 radical (unpaired) electrons. The van der Waals surface area contributed by atoms with Gasteiger partial charge in [-0.3, -0.25) is 4.79 Å². The molecule has 0 bridgehead atoms. The van der Waals surface area contributed by atoms with Crippen LogP contribution in [-0.4, -0.2) is 16.1 Å². The van der Waals surface area contributed by atoms with Crippen LogP contribution in [0.4, 0.5) is 5.82 Å². The molecule has 1 aromatic rings. The number of aromatic nitrogens is 2. The molecule has 0 amide bonds. The summed E-state index contributed by atoms with van der Waals surface area (Å²) in [6.07, 6.45) is 8.50. The van der Waals surface area contributed by atoms with E-state index >= 15 is 0 Å². The van der Waals surface area contributed by atoms with Crippen molar-refractivity contribution in [2.75, 3.05) is 11.9 Å². The second-order valence-electron chi connectivity index (χ2n) is 4.20. The molecule has 0 spiro atoms. The number of aryl methyl sites for hydroxylation is 1. The Labute approximate surface area is 89.3 Å². The Bertz CT molecular complexity index is 382. The fourth-order valence-electron chi connectivity index (χ4n) is 1.62. The van der Waals surface area contributed by atoms with Gasteiger partial charge in [0.05, 0.1) is 0 Å². The highest BCUT2D eigenvalue weighted by molar-refractivity contribution is 5.30. The molecule has 0 unspecified atom stereocenters. The zero-order valence-electron chi connectivity index (χ0n) is 9.07. The number of nitrogens with one attached hydrogen (secondary N) is 1. The summed E-state index contributed by atoms with van der Waals surface area (Å²) in [6.45, 7) is 0.850. The van der Waals surface area contributed by atoms with E-state index in [1.807, 2.05) is 0 Å². The van der Waals surface area contributed by atoms with Crippen LogP contribution in [0.2, 0.25) is 0 Å². The second kappa shape index (κ2) is 4.47. The second-order valence-corrected chi connectivity index (χ2v) is 4.20. The predicted molar refractivity (Wildman–Crippen MR) is 59.9 cm³/mol. The third-order valence-corrected chi connectivity index (χ3v) is 2.80. The molecule has 1 aromatic heterocycles. The summed E-state index contributed by atoms with van der Waals surface area (Å²) in [6, 6.07) is 0. The van der Waals surface area contributed by atoms with E-state index in [4.69, 9.17) is 0 Å². The van der Waals surface area contributed by atoms with Crippen molar-refractivity contribution in [3.63, 3.8) is 0 Å². The van der Waals surface area contributed by atoms with Crippen molar-refractivity contribution in [1.82, 2.24) is 9.55 Å². The molecular weight excluding hydrogens is 190 g/mol. The van der Waals surface area contributed by atoms with E-state index in [0.717, 1.165) is 18.9 Å². The summed E-state index contributed by atoms with van der Waals surface area (Å²) < 4.78 is 1.54. The van der Waals surface area contributed by atoms with Gasteiger partial charge in [-0.15, -0.1) is 0 Å². The molecule has 0 saturated heterocycles. The molecule has 4 nitrogen and oxygen atoms in total. The van der Waals surface area contributed by atoms with E-state index in [2.05, 4.69) is 10.3 Å². The van der Waals surface area contributed by atoms with Gasteiger partial charge in [0.2, 0.25) is 0 Å². The minimum absolute atomic E-state index is 0.0519. The van der Waals surface area contributed by atoms with Crippen LogP contribution in [0.1, 0.15) is 25.7 Å². The Balaban J connectivity index is 1.81. The minimum atomic E-state index is -0.0519. The number of nitrogens with zero attached hydrogens (tertiary/aromatic N) is 2. The van der Waals surface area contributed by atoms with Gasteiger partial charge in [-0.1, -0.05) is 12.8 Å². The first-order valence-corrected chi connectivity index (χ1v) is 5.53. The van der Waals surface area contributed by atoms with Crippen LogP contribution in [-0.2, 0) is 7.05 Å². The van der Waals surface area contributed by atoms with Gasteiger partial charge in [-0.05, 0) is 18.8 Å². The Morgan fingerprint density at radius 2 is 2.40 bits per heavy atom. The molecular formula is C11H17N3O. The Hall–Kier alpha value is -1.32. The first kappa shape index (κ1) is 10.2. The number of anilines is 1. The van der Waals surface area contributed by atoms with Gasteiger partial charge in [0.25, 0.3) is 5.56 Å². The summed E-state index contributed by atoms with van der Waals surface area (Å²) in [5.41, 5.74) is -0.0519.